The second-order valence-corrected chi connectivity index (χ2v) is 6.44. The average Bonchev–Trinajstić information content (AvgIpc) is 2.41. The molecule has 1 heterocycles. The van der Waals surface area contributed by atoms with Crippen LogP contribution < -0.4 is 4.72 Å². The molecule has 21 heavy (non-hydrogen) atoms. The van der Waals surface area contributed by atoms with E-state index in [1.165, 1.54) is 12.3 Å². The molecule has 0 aliphatic heterocycles. The summed E-state index contributed by atoms with van der Waals surface area (Å²) in [5, 5.41) is 10.6. The third-order valence-electron chi connectivity index (χ3n) is 2.39. The molecule has 0 unspecified atom stereocenters. The van der Waals surface area contributed by atoms with E-state index in [9.17, 15) is 22.9 Å². The molecular formula is C11H7BrFN3O4S. The molecule has 2 rings (SSSR count). The van der Waals surface area contributed by atoms with Crippen LogP contribution in [0.5, 0.6) is 0 Å². The number of pyridine rings is 1. The largest absolute Gasteiger partial charge is 0.306 e. The number of nitro groups is 1. The number of nitro benzene ring substituents is 1. The Bertz CT molecular complexity index is 796. The normalized spacial score (nSPS) is 11.1. The minimum absolute atomic E-state index is 0.0326. The number of benzene rings is 1. The Morgan fingerprint density at radius 2 is 2.00 bits per heavy atom. The van der Waals surface area contributed by atoms with Crippen molar-refractivity contribution in [3.05, 3.63) is 56.9 Å². The Morgan fingerprint density at radius 3 is 2.57 bits per heavy atom. The van der Waals surface area contributed by atoms with E-state index in [0.717, 1.165) is 12.1 Å². The van der Waals surface area contributed by atoms with E-state index in [2.05, 4.69) is 25.6 Å². The summed E-state index contributed by atoms with van der Waals surface area (Å²) in [4.78, 5) is 13.0. The van der Waals surface area contributed by atoms with E-state index >= 15 is 0 Å². The molecule has 0 amide bonds. The summed E-state index contributed by atoms with van der Waals surface area (Å²) in [6, 6.07) is 5.28. The van der Waals surface area contributed by atoms with E-state index in [0.29, 0.717) is 10.5 Å². The van der Waals surface area contributed by atoms with Crippen molar-refractivity contribution >= 4 is 37.5 Å². The van der Waals surface area contributed by atoms with Crippen LogP contribution >= 0.6 is 15.9 Å². The molecule has 0 aliphatic rings. The van der Waals surface area contributed by atoms with Gasteiger partial charge in [-0.05, 0) is 40.2 Å². The van der Waals surface area contributed by atoms with E-state index in [1.807, 2.05) is 0 Å². The Kier molecular flexibility index (Phi) is 4.19. The first-order chi connectivity index (χ1) is 9.79. The lowest BCUT2D eigenvalue weighted by Gasteiger charge is -2.07. The first-order valence-electron chi connectivity index (χ1n) is 5.38. The van der Waals surface area contributed by atoms with Crippen molar-refractivity contribution in [2.45, 2.75) is 4.90 Å². The van der Waals surface area contributed by atoms with Gasteiger partial charge in [-0.3, -0.25) is 14.8 Å². The second-order valence-electron chi connectivity index (χ2n) is 3.84. The molecule has 0 atom stereocenters. The van der Waals surface area contributed by atoms with Crippen molar-refractivity contribution in [1.29, 1.82) is 0 Å². The molecule has 1 N–H and O–H groups in total. The van der Waals surface area contributed by atoms with Crippen molar-refractivity contribution < 1.29 is 17.7 Å². The summed E-state index contributed by atoms with van der Waals surface area (Å²) in [7, 11) is -4.10. The highest BCUT2D eigenvalue weighted by Gasteiger charge is 2.21. The highest BCUT2D eigenvalue weighted by Crippen LogP contribution is 2.23. The Morgan fingerprint density at radius 1 is 1.29 bits per heavy atom. The fourth-order valence-electron chi connectivity index (χ4n) is 1.43. The molecule has 2 aromatic rings. The van der Waals surface area contributed by atoms with Gasteiger partial charge in [0, 0.05) is 16.7 Å². The number of sulfonamides is 1. The number of rotatable bonds is 4. The van der Waals surface area contributed by atoms with Crippen LogP contribution in [0.15, 0.2) is 45.9 Å². The molecule has 0 radical (unpaired) electrons. The predicted molar refractivity (Wildman–Crippen MR) is 75.8 cm³/mol. The second kappa shape index (κ2) is 5.74. The molecule has 0 saturated heterocycles. The van der Waals surface area contributed by atoms with Crippen molar-refractivity contribution in [1.82, 2.24) is 4.98 Å². The number of hydrogen-bond donors (Lipinski definition) is 1. The Labute approximate surface area is 127 Å². The van der Waals surface area contributed by atoms with Crippen LogP contribution in [-0.4, -0.2) is 18.3 Å². The van der Waals surface area contributed by atoms with Crippen LogP contribution in [0.3, 0.4) is 0 Å². The van der Waals surface area contributed by atoms with Crippen LogP contribution in [0.1, 0.15) is 0 Å². The molecule has 1 aromatic heterocycles. The minimum atomic E-state index is -4.10. The molecule has 0 bridgehead atoms. The molecule has 0 saturated carbocycles. The van der Waals surface area contributed by atoms with Crippen LogP contribution in [0.2, 0.25) is 0 Å². The summed E-state index contributed by atoms with van der Waals surface area (Å²) in [6.45, 7) is 0. The standard InChI is InChI=1S/C11H7BrFN3O4S/c12-7-1-4-11(14-6-7)15-21(19,20)8-2-3-9(13)10(5-8)16(17)18/h1-6H,(H,14,15). The maximum Gasteiger partial charge on any atom is 0.306 e. The summed E-state index contributed by atoms with van der Waals surface area (Å²) < 4.78 is 40.1. The quantitative estimate of drug-likeness (QED) is 0.653. The van der Waals surface area contributed by atoms with Gasteiger partial charge in [0.05, 0.1) is 9.82 Å². The topological polar surface area (TPSA) is 102 Å². The molecule has 0 aliphatic carbocycles. The van der Waals surface area contributed by atoms with E-state index in [-0.39, 0.29) is 5.82 Å². The summed E-state index contributed by atoms with van der Waals surface area (Å²) in [5.74, 6) is -1.08. The SMILES string of the molecule is O=[N+]([O-])c1cc(S(=O)(=O)Nc2ccc(Br)cn2)ccc1F. The fraction of sp³-hybridized carbons (Fsp3) is 0. The van der Waals surface area contributed by atoms with Crippen molar-refractivity contribution in [2.75, 3.05) is 4.72 Å². The summed E-state index contributed by atoms with van der Waals surface area (Å²) >= 11 is 3.15. The van der Waals surface area contributed by atoms with Crippen molar-refractivity contribution in [3.8, 4) is 0 Å². The molecule has 0 spiro atoms. The zero-order chi connectivity index (χ0) is 15.6. The minimum Gasteiger partial charge on any atom is -0.263 e. The van der Waals surface area contributed by atoms with Gasteiger partial charge >= 0.3 is 5.69 Å². The zero-order valence-corrected chi connectivity index (χ0v) is 12.6. The highest BCUT2D eigenvalue weighted by molar-refractivity contribution is 9.10. The number of halogens is 2. The molecule has 1 aromatic carbocycles. The highest BCUT2D eigenvalue weighted by atomic mass is 79.9. The van der Waals surface area contributed by atoms with E-state index in [1.54, 1.807) is 6.07 Å². The first kappa shape index (κ1) is 15.3. The van der Waals surface area contributed by atoms with Gasteiger partial charge in [-0.25, -0.2) is 13.4 Å². The first-order valence-corrected chi connectivity index (χ1v) is 7.65. The van der Waals surface area contributed by atoms with Crippen LogP contribution in [0.4, 0.5) is 15.9 Å². The van der Waals surface area contributed by atoms with Gasteiger partial charge in [-0.1, -0.05) is 0 Å². The van der Waals surface area contributed by atoms with Crippen molar-refractivity contribution in [2.24, 2.45) is 0 Å². The molecule has 7 nitrogen and oxygen atoms in total. The lowest BCUT2D eigenvalue weighted by Crippen LogP contribution is -2.14. The van der Waals surface area contributed by atoms with E-state index < -0.39 is 31.3 Å². The number of aromatic nitrogens is 1. The molecule has 110 valence electrons. The average molecular weight is 376 g/mol. The third kappa shape index (κ3) is 3.52. The van der Waals surface area contributed by atoms with Crippen LogP contribution in [-0.2, 0) is 10.0 Å². The van der Waals surface area contributed by atoms with Gasteiger partial charge in [-0.2, -0.15) is 4.39 Å². The van der Waals surface area contributed by atoms with Gasteiger partial charge in [0.15, 0.2) is 0 Å². The number of hydrogen-bond acceptors (Lipinski definition) is 5. The fourth-order valence-corrected chi connectivity index (χ4v) is 2.69. The lowest BCUT2D eigenvalue weighted by atomic mass is 10.3. The van der Waals surface area contributed by atoms with E-state index in [4.69, 9.17) is 0 Å². The third-order valence-corrected chi connectivity index (χ3v) is 4.21. The van der Waals surface area contributed by atoms with Gasteiger partial charge in [0.2, 0.25) is 5.82 Å². The smallest absolute Gasteiger partial charge is 0.263 e. The van der Waals surface area contributed by atoms with Crippen molar-refractivity contribution in [3.63, 3.8) is 0 Å². The molecule has 0 fully saturated rings. The van der Waals surface area contributed by atoms with Gasteiger partial charge < -0.3 is 0 Å². The monoisotopic (exact) mass is 375 g/mol. The summed E-state index contributed by atoms with van der Waals surface area (Å²) in [6.07, 6.45) is 1.38. The lowest BCUT2D eigenvalue weighted by molar-refractivity contribution is -0.387. The molecular weight excluding hydrogens is 369 g/mol. The number of anilines is 1. The zero-order valence-electron chi connectivity index (χ0n) is 10.2. The Hall–Kier alpha value is -2.07. The van der Waals surface area contributed by atoms with Crippen LogP contribution in [0.25, 0.3) is 0 Å². The summed E-state index contributed by atoms with van der Waals surface area (Å²) in [5.41, 5.74) is -0.915. The Balaban J connectivity index is 2.38. The number of nitrogens with zero attached hydrogens (tertiary/aromatic N) is 2. The predicted octanol–water partition coefficient (Wildman–Crippen LogP) is 2.69. The van der Waals surface area contributed by atoms with Gasteiger partial charge in [-0.15, -0.1) is 0 Å². The maximum absolute atomic E-state index is 13.2. The maximum atomic E-state index is 13.2. The van der Waals surface area contributed by atoms with Crippen LogP contribution in [0, 0.1) is 15.9 Å². The van der Waals surface area contributed by atoms with Gasteiger partial charge in [0.1, 0.15) is 5.82 Å². The van der Waals surface area contributed by atoms with Gasteiger partial charge in [0.25, 0.3) is 10.0 Å². The number of nitrogens with one attached hydrogen (secondary N) is 1. The molecule has 10 heteroatoms.